The molecule has 6 saturated heterocycles. The van der Waals surface area contributed by atoms with Gasteiger partial charge in [-0.05, 0) is 104 Å². The van der Waals surface area contributed by atoms with E-state index in [-0.39, 0.29) is 23.0 Å². The lowest BCUT2D eigenvalue weighted by Crippen LogP contribution is -2.67. The van der Waals surface area contributed by atoms with E-state index in [2.05, 4.69) is 27.7 Å². The molecule has 0 aromatic heterocycles. The van der Waals surface area contributed by atoms with Gasteiger partial charge in [-0.15, -0.1) is 0 Å². The van der Waals surface area contributed by atoms with Crippen LogP contribution in [0.5, 0.6) is 0 Å². The van der Waals surface area contributed by atoms with Crippen molar-refractivity contribution < 1.29 is 109 Å². The fourth-order valence-electron chi connectivity index (χ4n) is 15.9. The van der Waals surface area contributed by atoms with Crippen LogP contribution in [0.2, 0.25) is 0 Å². The first-order valence-electron chi connectivity index (χ1n) is 26.7. The second-order valence-corrected chi connectivity index (χ2v) is 23.9. The Morgan fingerprint density at radius 3 is 1.83 bits per heavy atom. The summed E-state index contributed by atoms with van der Waals surface area (Å²) in [7, 11) is 0. The highest BCUT2D eigenvalue weighted by molar-refractivity contribution is 5.15. The molecule has 22 heteroatoms. The van der Waals surface area contributed by atoms with Crippen molar-refractivity contribution in [3.8, 4) is 0 Å². The van der Waals surface area contributed by atoms with Crippen LogP contribution in [0.3, 0.4) is 0 Å². The van der Waals surface area contributed by atoms with Crippen molar-refractivity contribution >= 4 is 0 Å². The minimum absolute atomic E-state index is 0.112. The quantitative estimate of drug-likeness (QED) is 0.0971. The number of fused-ring (bicyclic) bond motifs is 7. The summed E-state index contributed by atoms with van der Waals surface area (Å²) in [4.78, 5) is 0. The van der Waals surface area contributed by atoms with E-state index in [4.69, 9.17) is 47.4 Å². The Morgan fingerprint density at radius 2 is 1.14 bits per heavy atom. The number of rotatable bonds is 11. The fraction of sp³-hybridized carbons (Fsp3) is 1.00. The lowest BCUT2D eigenvalue weighted by molar-refractivity contribution is -0.390. The number of hydrogen-bond donors (Lipinski definition) is 12. The molecule has 6 heterocycles. The molecule has 0 bridgehead atoms. The topological polar surface area (TPSA) is 335 Å². The molecule has 1 spiro atoms. The third-order valence-electron chi connectivity index (χ3n) is 20.0. The van der Waals surface area contributed by atoms with Crippen molar-refractivity contribution in [1.82, 2.24) is 0 Å². The molecule has 0 aromatic carbocycles. The molecular formula is C50H82O22. The van der Waals surface area contributed by atoms with Crippen molar-refractivity contribution in [3.63, 3.8) is 0 Å². The fourth-order valence-corrected chi connectivity index (χ4v) is 15.9. The Labute approximate surface area is 419 Å². The molecule has 31 unspecified atom stereocenters. The largest absolute Gasteiger partial charge is 0.394 e. The molecule has 6 aliphatic heterocycles. The number of hydrogen-bond acceptors (Lipinski definition) is 22. The van der Waals surface area contributed by atoms with E-state index in [1.54, 1.807) is 0 Å². The van der Waals surface area contributed by atoms with Crippen molar-refractivity contribution in [2.45, 2.75) is 227 Å². The molecule has 4 aliphatic carbocycles. The second kappa shape index (κ2) is 21.1. The second-order valence-electron chi connectivity index (χ2n) is 23.9. The highest BCUT2D eigenvalue weighted by atomic mass is 16.8. The van der Waals surface area contributed by atoms with Crippen LogP contribution in [0.4, 0.5) is 0 Å². The Hall–Kier alpha value is -0.880. The van der Waals surface area contributed by atoms with Crippen LogP contribution in [0.1, 0.15) is 91.9 Å². The van der Waals surface area contributed by atoms with Gasteiger partial charge in [0, 0.05) is 12.3 Å². The highest BCUT2D eigenvalue weighted by Crippen LogP contribution is 2.71. The predicted octanol–water partition coefficient (Wildman–Crippen LogP) is -2.27. The Morgan fingerprint density at radius 1 is 0.514 bits per heavy atom. The van der Waals surface area contributed by atoms with Gasteiger partial charge in [0.15, 0.2) is 30.9 Å². The minimum Gasteiger partial charge on any atom is -0.394 e. The van der Waals surface area contributed by atoms with Crippen LogP contribution in [0.25, 0.3) is 0 Å². The molecule has 0 radical (unpaired) electrons. The van der Waals surface area contributed by atoms with E-state index in [1.807, 2.05) is 0 Å². The molecule has 31 atom stereocenters. The molecule has 22 nitrogen and oxygen atoms in total. The summed E-state index contributed by atoms with van der Waals surface area (Å²) in [5.74, 6) is 3.16. The number of aliphatic hydroxyl groups excluding tert-OH is 12. The summed E-state index contributed by atoms with van der Waals surface area (Å²) in [5, 5.41) is 129. The summed E-state index contributed by atoms with van der Waals surface area (Å²) < 4.78 is 60.5. The monoisotopic (exact) mass is 1030 g/mol. The average molecular weight is 1040 g/mol. The van der Waals surface area contributed by atoms with Crippen molar-refractivity contribution in [2.24, 2.45) is 52.3 Å². The SMILES string of the molecule is CC1CCC2(OC1)OC1CC3C4CCC5CC(OC6OC(CO)C(OC7OC(CO)C(O)C(OC8OCC(O)C(O)C8OC8OC(CO)C(O)C(O)C8O)C7O)C(O)C6O)CCC5(C)C4CCC3(C)C1C2C. The zero-order valence-corrected chi connectivity index (χ0v) is 41.7. The summed E-state index contributed by atoms with van der Waals surface area (Å²) in [6.45, 7) is 7.53. The molecule has 72 heavy (non-hydrogen) atoms. The van der Waals surface area contributed by atoms with Gasteiger partial charge in [-0.1, -0.05) is 27.7 Å². The van der Waals surface area contributed by atoms with Gasteiger partial charge < -0.3 is 109 Å². The third kappa shape index (κ3) is 9.26. The first-order valence-corrected chi connectivity index (χ1v) is 26.7. The molecule has 12 N–H and O–H groups in total. The third-order valence-corrected chi connectivity index (χ3v) is 20.0. The van der Waals surface area contributed by atoms with Gasteiger partial charge in [0.05, 0.1) is 45.2 Å². The van der Waals surface area contributed by atoms with Gasteiger partial charge in [0.2, 0.25) is 0 Å². The molecule has 10 fully saturated rings. The average Bonchev–Trinajstić information content (AvgIpc) is 3.82. The zero-order valence-electron chi connectivity index (χ0n) is 41.7. The number of ether oxygens (including phenoxy) is 10. The molecule has 10 rings (SSSR count). The highest BCUT2D eigenvalue weighted by Gasteiger charge is 2.69. The summed E-state index contributed by atoms with van der Waals surface area (Å²) in [6.07, 6.45) is -22.1. The summed E-state index contributed by atoms with van der Waals surface area (Å²) >= 11 is 0. The Kier molecular flexibility index (Phi) is 15.9. The molecule has 0 aromatic rings. The molecular weight excluding hydrogens is 953 g/mol. The van der Waals surface area contributed by atoms with Gasteiger partial charge in [-0.3, -0.25) is 0 Å². The van der Waals surface area contributed by atoms with Crippen LogP contribution in [-0.4, -0.2) is 229 Å². The maximum Gasteiger partial charge on any atom is 0.187 e. The maximum absolute atomic E-state index is 11.6. The first-order chi connectivity index (χ1) is 34.3. The van der Waals surface area contributed by atoms with Gasteiger partial charge in [-0.2, -0.15) is 0 Å². The van der Waals surface area contributed by atoms with E-state index < -0.39 is 149 Å². The Balaban J connectivity index is 0.762. The normalized spacial score (nSPS) is 57.8. The van der Waals surface area contributed by atoms with E-state index in [0.717, 1.165) is 58.0 Å². The van der Waals surface area contributed by atoms with Crippen LogP contribution >= 0.6 is 0 Å². The van der Waals surface area contributed by atoms with E-state index >= 15 is 0 Å². The maximum atomic E-state index is 11.6. The van der Waals surface area contributed by atoms with Crippen molar-refractivity contribution in [1.29, 1.82) is 0 Å². The molecule has 0 amide bonds. The lowest BCUT2D eigenvalue weighted by atomic mass is 9.44. The molecule has 4 saturated carbocycles. The van der Waals surface area contributed by atoms with E-state index in [9.17, 15) is 61.3 Å². The molecule has 10 aliphatic rings. The van der Waals surface area contributed by atoms with Crippen LogP contribution in [-0.2, 0) is 47.4 Å². The summed E-state index contributed by atoms with van der Waals surface area (Å²) in [5.41, 5.74) is 0.325. The molecule has 414 valence electrons. The van der Waals surface area contributed by atoms with Gasteiger partial charge >= 0.3 is 0 Å². The van der Waals surface area contributed by atoms with Crippen LogP contribution < -0.4 is 0 Å². The van der Waals surface area contributed by atoms with Crippen LogP contribution in [0, 0.1) is 52.3 Å². The van der Waals surface area contributed by atoms with Gasteiger partial charge in [0.25, 0.3) is 0 Å². The standard InChI is InChI=1S/C50H82O22/c1-20-7-12-50(64-18-20)21(2)32-28(72-50)14-26-24-6-5-22-13-23(8-10-48(22,3)25(24)9-11-49(26,32)4)65-44-39(61)37(59)41(31(17-53)68-44)69-46-40(62)42(35(57)30(16-52)67-46)70-47-43(33(55)27(54)19-63-47)71-45-38(60)36(58)34(56)29(15-51)66-45/h20-47,51-62H,5-19H2,1-4H3. The van der Waals surface area contributed by atoms with E-state index in [1.165, 1.54) is 12.8 Å². The summed E-state index contributed by atoms with van der Waals surface area (Å²) in [6, 6.07) is 0. The van der Waals surface area contributed by atoms with Gasteiger partial charge in [-0.25, -0.2) is 0 Å². The van der Waals surface area contributed by atoms with Gasteiger partial charge in [0.1, 0.15) is 91.6 Å². The first kappa shape index (κ1) is 54.5. The van der Waals surface area contributed by atoms with E-state index in [0.29, 0.717) is 41.4 Å². The predicted molar refractivity (Wildman–Crippen MR) is 242 cm³/mol. The smallest absolute Gasteiger partial charge is 0.187 e. The number of aliphatic hydroxyl groups is 12. The van der Waals surface area contributed by atoms with Crippen molar-refractivity contribution in [3.05, 3.63) is 0 Å². The minimum atomic E-state index is -1.97. The lowest BCUT2D eigenvalue weighted by Gasteiger charge is -2.61. The Bertz CT molecular complexity index is 1830. The van der Waals surface area contributed by atoms with Crippen molar-refractivity contribution in [2.75, 3.05) is 33.0 Å². The van der Waals surface area contributed by atoms with Crippen LogP contribution in [0.15, 0.2) is 0 Å². The zero-order chi connectivity index (χ0) is 51.3.